The summed E-state index contributed by atoms with van der Waals surface area (Å²) in [4.78, 5) is 23.8. The van der Waals surface area contributed by atoms with Crippen molar-refractivity contribution in [3.8, 4) is 0 Å². The molecule has 0 aliphatic heterocycles. The molecule has 0 aliphatic carbocycles. The normalized spacial score (nSPS) is 10.3. The van der Waals surface area contributed by atoms with Gasteiger partial charge in [-0.1, -0.05) is 32.9 Å². The Morgan fingerprint density at radius 2 is 1.13 bits per heavy atom. The van der Waals surface area contributed by atoms with Gasteiger partial charge in [-0.15, -0.1) is 0 Å². The second-order valence-electron chi connectivity index (χ2n) is 5.01. The Kier molecular flexibility index (Phi) is 7.22. The van der Waals surface area contributed by atoms with E-state index in [2.05, 4.69) is 25.7 Å². The van der Waals surface area contributed by atoms with Crippen molar-refractivity contribution in [1.29, 1.82) is 0 Å². The Balaban J connectivity index is 0.000000322. The molecule has 23 heavy (non-hydrogen) atoms. The lowest BCUT2D eigenvalue weighted by molar-refractivity contribution is 0.0686. The largest absolute Gasteiger partial charge is 0.478 e. The first-order valence-corrected chi connectivity index (χ1v) is 7.65. The Labute approximate surface area is 136 Å². The summed E-state index contributed by atoms with van der Waals surface area (Å²) in [6.45, 7) is 10.1. The van der Waals surface area contributed by atoms with Crippen LogP contribution >= 0.6 is 0 Å². The topological polar surface area (TPSA) is 77.8 Å². The number of carboxylic acid groups (broad SMARTS) is 2. The van der Waals surface area contributed by atoms with Gasteiger partial charge in [0.15, 0.2) is 0 Å². The zero-order valence-corrected chi connectivity index (χ0v) is 13.7. The van der Waals surface area contributed by atoms with E-state index in [9.17, 15) is 9.59 Å². The van der Waals surface area contributed by atoms with E-state index in [1.807, 2.05) is 0 Å². The molecular formula is C18H23NO4. The van der Waals surface area contributed by atoms with E-state index in [0.29, 0.717) is 10.8 Å². The molecule has 5 heteroatoms. The van der Waals surface area contributed by atoms with Gasteiger partial charge in [-0.2, -0.15) is 0 Å². The molecule has 5 nitrogen and oxygen atoms in total. The number of nitrogens with zero attached hydrogens (tertiary/aromatic N) is 1. The van der Waals surface area contributed by atoms with Crippen LogP contribution in [0.25, 0.3) is 10.8 Å². The summed E-state index contributed by atoms with van der Waals surface area (Å²) in [6, 6.07) is 9.15. The summed E-state index contributed by atoms with van der Waals surface area (Å²) in [5.41, 5.74) is 0.381. The molecule has 0 aromatic heterocycles. The molecule has 0 radical (unpaired) electrons. The number of carboxylic acids is 2. The van der Waals surface area contributed by atoms with E-state index < -0.39 is 11.9 Å². The van der Waals surface area contributed by atoms with Crippen molar-refractivity contribution < 1.29 is 19.8 Å². The summed E-state index contributed by atoms with van der Waals surface area (Å²) < 4.78 is 0. The number of benzene rings is 2. The molecule has 0 saturated heterocycles. The molecular weight excluding hydrogens is 294 g/mol. The van der Waals surface area contributed by atoms with Gasteiger partial charge in [0, 0.05) is 0 Å². The quantitative estimate of drug-likeness (QED) is 0.881. The smallest absolute Gasteiger partial charge is 0.335 e. The van der Waals surface area contributed by atoms with E-state index in [0.717, 1.165) is 0 Å². The van der Waals surface area contributed by atoms with Crippen LogP contribution < -0.4 is 0 Å². The van der Waals surface area contributed by atoms with Crippen molar-refractivity contribution in [2.75, 3.05) is 19.6 Å². The maximum absolute atomic E-state index is 10.7. The van der Waals surface area contributed by atoms with E-state index in [4.69, 9.17) is 10.2 Å². The molecule has 0 fully saturated rings. The summed E-state index contributed by atoms with van der Waals surface area (Å²) in [7, 11) is 0. The van der Waals surface area contributed by atoms with Gasteiger partial charge in [0.2, 0.25) is 0 Å². The van der Waals surface area contributed by atoms with Gasteiger partial charge in [-0.25, -0.2) is 9.59 Å². The van der Waals surface area contributed by atoms with Crippen LogP contribution in [-0.2, 0) is 0 Å². The van der Waals surface area contributed by atoms with Crippen LogP contribution in [0.1, 0.15) is 41.5 Å². The molecule has 2 N–H and O–H groups in total. The lowest BCUT2D eigenvalue weighted by Crippen LogP contribution is -2.21. The summed E-state index contributed by atoms with van der Waals surface area (Å²) in [5.74, 6) is -1.99. The van der Waals surface area contributed by atoms with Gasteiger partial charge in [0.05, 0.1) is 11.1 Å². The Morgan fingerprint density at radius 3 is 1.35 bits per heavy atom. The van der Waals surface area contributed by atoms with E-state index >= 15 is 0 Å². The third-order valence-electron chi connectivity index (χ3n) is 3.68. The third kappa shape index (κ3) is 5.38. The van der Waals surface area contributed by atoms with E-state index in [-0.39, 0.29) is 11.1 Å². The average Bonchev–Trinajstić information content (AvgIpc) is 2.56. The summed E-state index contributed by atoms with van der Waals surface area (Å²) in [6.07, 6.45) is 0. The second kappa shape index (κ2) is 8.90. The molecule has 0 heterocycles. The van der Waals surface area contributed by atoms with Crippen molar-refractivity contribution in [2.24, 2.45) is 0 Å². The monoisotopic (exact) mass is 317 g/mol. The van der Waals surface area contributed by atoms with E-state index in [1.165, 1.54) is 43.9 Å². The molecule has 2 rings (SSSR count). The fraction of sp³-hybridized carbons (Fsp3) is 0.333. The van der Waals surface area contributed by atoms with Crippen molar-refractivity contribution >= 4 is 22.7 Å². The predicted molar refractivity (Wildman–Crippen MR) is 91.3 cm³/mol. The van der Waals surface area contributed by atoms with Crippen LogP contribution in [0.15, 0.2) is 36.4 Å². The molecule has 124 valence electrons. The van der Waals surface area contributed by atoms with Crippen LogP contribution in [0.2, 0.25) is 0 Å². The number of rotatable bonds is 5. The lowest BCUT2D eigenvalue weighted by atomic mass is 10.0. The zero-order valence-electron chi connectivity index (χ0n) is 13.7. The second-order valence-corrected chi connectivity index (χ2v) is 5.01. The molecule has 0 atom stereocenters. The highest BCUT2D eigenvalue weighted by Gasteiger charge is 2.06. The molecule has 2 aromatic rings. The third-order valence-corrected chi connectivity index (χ3v) is 3.68. The standard InChI is InChI=1S/C12H8O4.C6H15N/c13-11(14)9-3-1-7-5-10(12(15)16)4-2-8(7)6-9;1-4-7(5-2)6-3/h1-6H,(H,13,14)(H,15,16);4-6H2,1-3H3. The number of carbonyl (C=O) groups is 2. The molecule has 0 bridgehead atoms. The van der Waals surface area contributed by atoms with Crippen molar-refractivity contribution in [3.05, 3.63) is 47.5 Å². The predicted octanol–water partition coefficient (Wildman–Crippen LogP) is 3.58. The highest BCUT2D eigenvalue weighted by Crippen LogP contribution is 2.18. The van der Waals surface area contributed by atoms with Crippen LogP contribution in [0, 0.1) is 0 Å². The first-order chi connectivity index (χ1) is 10.9. The SMILES string of the molecule is CCN(CC)CC.O=C(O)c1ccc2cc(C(=O)O)ccc2c1. The minimum absolute atomic E-state index is 0.190. The Bertz CT molecular complexity index is 619. The highest BCUT2D eigenvalue weighted by atomic mass is 16.4. The van der Waals surface area contributed by atoms with Crippen LogP contribution in [0.3, 0.4) is 0 Å². The Hall–Kier alpha value is -2.40. The fourth-order valence-electron chi connectivity index (χ4n) is 2.18. The first kappa shape index (κ1) is 18.6. The van der Waals surface area contributed by atoms with Crippen LogP contribution in [0.5, 0.6) is 0 Å². The minimum atomic E-state index is -0.996. The minimum Gasteiger partial charge on any atom is -0.478 e. The van der Waals surface area contributed by atoms with Gasteiger partial charge in [0.1, 0.15) is 0 Å². The first-order valence-electron chi connectivity index (χ1n) is 7.65. The van der Waals surface area contributed by atoms with Crippen molar-refractivity contribution in [2.45, 2.75) is 20.8 Å². The van der Waals surface area contributed by atoms with Crippen LogP contribution in [-0.4, -0.2) is 46.7 Å². The maximum Gasteiger partial charge on any atom is 0.335 e. The summed E-state index contributed by atoms with van der Waals surface area (Å²) in [5, 5.41) is 19.0. The number of hydrogen-bond donors (Lipinski definition) is 2. The van der Waals surface area contributed by atoms with Gasteiger partial charge < -0.3 is 15.1 Å². The lowest BCUT2D eigenvalue weighted by Gasteiger charge is -2.13. The van der Waals surface area contributed by atoms with Gasteiger partial charge >= 0.3 is 11.9 Å². The molecule has 0 amide bonds. The maximum atomic E-state index is 10.7. The average molecular weight is 317 g/mol. The molecule has 0 unspecified atom stereocenters. The van der Waals surface area contributed by atoms with E-state index in [1.54, 1.807) is 12.1 Å². The van der Waals surface area contributed by atoms with Gasteiger partial charge in [0.25, 0.3) is 0 Å². The highest BCUT2D eigenvalue weighted by molar-refractivity contribution is 5.97. The Morgan fingerprint density at radius 1 is 0.783 bits per heavy atom. The van der Waals surface area contributed by atoms with Crippen molar-refractivity contribution in [1.82, 2.24) is 4.90 Å². The fourth-order valence-corrected chi connectivity index (χ4v) is 2.18. The molecule has 0 saturated carbocycles. The molecule has 0 spiro atoms. The summed E-state index contributed by atoms with van der Waals surface area (Å²) >= 11 is 0. The zero-order chi connectivity index (χ0) is 17.4. The van der Waals surface area contributed by atoms with Gasteiger partial charge in [-0.05, 0) is 54.7 Å². The number of fused-ring (bicyclic) bond motifs is 1. The van der Waals surface area contributed by atoms with Crippen molar-refractivity contribution in [3.63, 3.8) is 0 Å². The van der Waals surface area contributed by atoms with Gasteiger partial charge in [-0.3, -0.25) is 0 Å². The number of hydrogen-bond acceptors (Lipinski definition) is 3. The molecule has 2 aromatic carbocycles. The molecule has 0 aliphatic rings. The van der Waals surface area contributed by atoms with Crippen LogP contribution in [0.4, 0.5) is 0 Å². The number of aromatic carboxylic acids is 2.